The van der Waals surface area contributed by atoms with Gasteiger partial charge in [-0.25, -0.2) is 0 Å². The molecule has 0 aromatic heterocycles. The highest BCUT2D eigenvalue weighted by atomic mass is 16.5. The van der Waals surface area contributed by atoms with E-state index in [1.165, 1.54) is 0 Å². The van der Waals surface area contributed by atoms with Crippen molar-refractivity contribution in [2.45, 2.75) is 33.3 Å². The number of hydrogen-bond donors (Lipinski definition) is 1. The van der Waals surface area contributed by atoms with E-state index in [1.54, 1.807) is 14.0 Å². The molecule has 0 fully saturated rings. The summed E-state index contributed by atoms with van der Waals surface area (Å²) in [6, 6.07) is 3.90. The van der Waals surface area contributed by atoms with E-state index in [1.807, 2.05) is 32.9 Å². The normalized spacial score (nSPS) is 14.5. The lowest BCUT2D eigenvalue weighted by Gasteiger charge is -2.26. The van der Waals surface area contributed by atoms with E-state index < -0.39 is 5.60 Å². The minimum atomic E-state index is -1.03. The summed E-state index contributed by atoms with van der Waals surface area (Å²) in [5, 5.41) is 10.4. The molecule has 0 aliphatic heterocycles. The Hall–Kier alpha value is -1.06. The van der Waals surface area contributed by atoms with Crippen LogP contribution in [0.25, 0.3) is 0 Å². The van der Waals surface area contributed by atoms with E-state index >= 15 is 0 Å². The molecular weight excluding hydrogens is 216 g/mol. The van der Waals surface area contributed by atoms with Crippen molar-refractivity contribution in [3.05, 3.63) is 28.8 Å². The van der Waals surface area contributed by atoms with Crippen LogP contribution in [0.5, 0.6) is 5.75 Å². The van der Waals surface area contributed by atoms with Gasteiger partial charge in [0.25, 0.3) is 0 Å². The van der Waals surface area contributed by atoms with Crippen LogP contribution >= 0.6 is 0 Å². The van der Waals surface area contributed by atoms with E-state index in [4.69, 9.17) is 9.47 Å². The first kappa shape index (κ1) is 14.0. The van der Waals surface area contributed by atoms with Gasteiger partial charge in [0.2, 0.25) is 0 Å². The van der Waals surface area contributed by atoms with Gasteiger partial charge in [-0.3, -0.25) is 0 Å². The molecule has 1 N–H and O–H groups in total. The number of benzene rings is 1. The van der Waals surface area contributed by atoms with Crippen molar-refractivity contribution in [2.24, 2.45) is 0 Å². The Morgan fingerprint density at radius 1 is 1.29 bits per heavy atom. The van der Waals surface area contributed by atoms with Crippen molar-refractivity contribution in [1.29, 1.82) is 0 Å². The largest absolute Gasteiger partial charge is 0.496 e. The quantitative estimate of drug-likeness (QED) is 0.856. The number of hydrogen-bond acceptors (Lipinski definition) is 3. The molecule has 1 aromatic carbocycles. The lowest BCUT2D eigenvalue weighted by atomic mass is 9.92. The summed E-state index contributed by atoms with van der Waals surface area (Å²) >= 11 is 0. The predicted octanol–water partition coefficient (Wildman–Crippen LogP) is 2.56. The Morgan fingerprint density at radius 3 is 2.47 bits per heavy atom. The minimum Gasteiger partial charge on any atom is -0.496 e. The zero-order valence-electron chi connectivity index (χ0n) is 11.3. The average molecular weight is 238 g/mol. The van der Waals surface area contributed by atoms with Gasteiger partial charge in [-0.1, -0.05) is 12.1 Å². The van der Waals surface area contributed by atoms with Crippen LogP contribution in [-0.2, 0) is 10.3 Å². The molecule has 0 bridgehead atoms. The van der Waals surface area contributed by atoms with Crippen LogP contribution in [0, 0.1) is 13.8 Å². The summed E-state index contributed by atoms with van der Waals surface area (Å²) in [5.74, 6) is 0.745. The molecule has 3 heteroatoms. The maximum Gasteiger partial charge on any atom is 0.128 e. The molecule has 0 radical (unpaired) electrons. The van der Waals surface area contributed by atoms with Crippen molar-refractivity contribution in [2.75, 3.05) is 20.3 Å². The molecule has 0 aliphatic rings. The molecule has 96 valence electrons. The second-order valence-corrected chi connectivity index (χ2v) is 4.50. The number of methoxy groups -OCH3 is 1. The van der Waals surface area contributed by atoms with Gasteiger partial charge in [0, 0.05) is 12.2 Å². The Bertz CT molecular complexity index is 383. The van der Waals surface area contributed by atoms with Gasteiger partial charge in [-0.15, -0.1) is 0 Å². The predicted molar refractivity (Wildman–Crippen MR) is 68.5 cm³/mol. The molecule has 0 heterocycles. The second kappa shape index (κ2) is 5.52. The molecule has 1 aromatic rings. The fourth-order valence-electron chi connectivity index (χ4n) is 1.86. The van der Waals surface area contributed by atoms with Crippen molar-refractivity contribution < 1.29 is 14.6 Å². The molecule has 3 nitrogen and oxygen atoms in total. The monoisotopic (exact) mass is 238 g/mol. The van der Waals surface area contributed by atoms with E-state index in [9.17, 15) is 5.11 Å². The summed E-state index contributed by atoms with van der Waals surface area (Å²) in [6.45, 7) is 8.53. The van der Waals surface area contributed by atoms with Crippen LogP contribution in [0.2, 0.25) is 0 Å². The number of ether oxygens (including phenoxy) is 2. The van der Waals surface area contributed by atoms with Gasteiger partial charge in [-0.05, 0) is 38.8 Å². The van der Waals surface area contributed by atoms with E-state index in [0.29, 0.717) is 6.61 Å². The first-order valence-electron chi connectivity index (χ1n) is 5.88. The molecular formula is C14H22O3. The third-order valence-electron chi connectivity index (χ3n) is 3.05. The number of rotatable bonds is 5. The zero-order valence-corrected chi connectivity index (χ0v) is 11.3. The fourth-order valence-corrected chi connectivity index (χ4v) is 1.86. The maximum absolute atomic E-state index is 10.4. The molecule has 0 aliphatic carbocycles. The second-order valence-electron chi connectivity index (χ2n) is 4.50. The van der Waals surface area contributed by atoms with Crippen LogP contribution in [0.1, 0.15) is 30.5 Å². The van der Waals surface area contributed by atoms with Crippen LogP contribution in [-0.4, -0.2) is 25.4 Å². The number of aryl methyl sites for hydroxylation is 1. The lowest BCUT2D eigenvalue weighted by molar-refractivity contribution is -0.0356. The molecule has 0 saturated heterocycles. The maximum atomic E-state index is 10.4. The molecule has 17 heavy (non-hydrogen) atoms. The summed E-state index contributed by atoms with van der Waals surface area (Å²) in [7, 11) is 1.63. The highest BCUT2D eigenvalue weighted by Gasteiger charge is 2.28. The Balaban J connectivity index is 3.16. The van der Waals surface area contributed by atoms with Gasteiger partial charge < -0.3 is 14.6 Å². The molecule has 0 amide bonds. The lowest BCUT2D eigenvalue weighted by Crippen LogP contribution is -2.28. The SMILES string of the molecule is CCOCC(C)(O)c1ccc(C)c(C)c1OC. The summed E-state index contributed by atoms with van der Waals surface area (Å²) in [6.07, 6.45) is 0. The zero-order chi connectivity index (χ0) is 13.1. The van der Waals surface area contributed by atoms with Gasteiger partial charge in [0.15, 0.2) is 0 Å². The van der Waals surface area contributed by atoms with Crippen LogP contribution in [0.3, 0.4) is 0 Å². The molecule has 0 spiro atoms. The van der Waals surface area contributed by atoms with Crippen LogP contribution < -0.4 is 4.74 Å². The van der Waals surface area contributed by atoms with Crippen molar-refractivity contribution >= 4 is 0 Å². The smallest absolute Gasteiger partial charge is 0.128 e. The first-order chi connectivity index (χ1) is 7.94. The molecule has 1 unspecified atom stereocenters. The standard InChI is InChI=1S/C14H22O3/c1-6-17-9-14(4,15)12-8-7-10(2)11(3)13(12)16-5/h7-8,15H,6,9H2,1-5H3. The highest BCUT2D eigenvalue weighted by molar-refractivity contribution is 5.47. The highest BCUT2D eigenvalue weighted by Crippen LogP contribution is 2.34. The third-order valence-corrected chi connectivity index (χ3v) is 3.05. The fraction of sp³-hybridized carbons (Fsp3) is 0.571. The van der Waals surface area contributed by atoms with Gasteiger partial charge in [-0.2, -0.15) is 0 Å². The summed E-state index contributed by atoms with van der Waals surface area (Å²) in [5.41, 5.74) is 1.95. The van der Waals surface area contributed by atoms with Crippen LogP contribution in [0.4, 0.5) is 0 Å². The summed E-state index contributed by atoms with van der Waals surface area (Å²) < 4.78 is 10.7. The third kappa shape index (κ3) is 2.99. The van der Waals surface area contributed by atoms with Crippen molar-refractivity contribution in [3.63, 3.8) is 0 Å². The van der Waals surface area contributed by atoms with Gasteiger partial charge >= 0.3 is 0 Å². The van der Waals surface area contributed by atoms with E-state index in [2.05, 4.69) is 0 Å². The Labute approximate surface area is 103 Å². The average Bonchev–Trinajstić information content (AvgIpc) is 2.29. The molecule has 1 rings (SSSR count). The van der Waals surface area contributed by atoms with Crippen LogP contribution in [0.15, 0.2) is 12.1 Å². The van der Waals surface area contributed by atoms with Crippen molar-refractivity contribution in [1.82, 2.24) is 0 Å². The molecule has 0 saturated carbocycles. The van der Waals surface area contributed by atoms with Crippen molar-refractivity contribution in [3.8, 4) is 5.75 Å². The molecule has 1 atom stereocenters. The van der Waals surface area contributed by atoms with E-state index in [-0.39, 0.29) is 6.61 Å². The Morgan fingerprint density at radius 2 is 1.94 bits per heavy atom. The topological polar surface area (TPSA) is 38.7 Å². The number of aliphatic hydroxyl groups is 1. The minimum absolute atomic E-state index is 0.266. The van der Waals surface area contributed by atoms with Gasteiger partial charge in [0.05, 0.1) is 13.7 Å². The summed E-state index contributed by atoms with van der Waals surface area (Å²) in [4.78, 5) is 0. The first-order valence-corrected chi connectivity index (χ1v) is 5.88. The van der Waals surface area contributed by atoms with Gasteiger partial charge in [0.1, 0.15) is 11.4 Å². The van der Waals surface area contributed by atoms with E-state index in [0.717, 1.165) is 22.4 Å². The Kier molecular flexibility index (Phi) is 4.54.